The van der Waals surface area contributed by atoms with Crippen molar-refractivity contribution in [3.05, 3.63) is 73.3 Å². The van der Waals surface area contributed by atoms with E-state index in [1.165, 1.54) is 25.1 Å². The first-order valence-electron chi connectivity index (χ1n) is 6.82. The van der Waals surface area contributed by atoms with E-state index in [2.05, 4.69) is 0 Å². The second-order valence-electron chi connectivity index (χ2n) is 5.04. The topological polar surface area (TPSA) is 95.5 Å². The number of non-ortho nitro benzene ring substituents is 1. The molecule has 0 heterocycles. The van der Waals surface area contributed by atoms with Gasteiger partial charge < -0.3 is 4.74 Å². The Bertz CT molecular complexity index is 836. The molecule has 10 heteroatoms. The molecule has 2 aromatic rings. The predicted octanol–water partition coefficient (Wildman–Crippen LogP) is 4.41. The molecule has 0 radical (unpaired) electrons. The van der Waals surface area contributed by atoms with Gasteiger partial charge in [0.2, 0.25) is 0 Å². The van der Waals surface area contributed by atoms with E-state index in [1.807, 2.05) is 0 Å². The van der Waals surface area contributed by atoms with Crippen LogP contribution in [-0.2, 0) is 12.8 Å². The van der Waals surface area contributed by atoms with Crippen LogP contribution >= 0.6 is 0 Å². The molecule has 0 aromatic heterocycles. The fourth-order valence-electron chi connectivity index (χ4n) is 2.16. The summed E-state index contributed by atoms with van der Waals surface area (Å²) in [6, 6.07) is 6.28. The Hall–Kier alpha value is -3.17. The Morgan fingerprint density at radius 2 is 1.76 bits per heavy atom. The molecule has 2 aromatic carbocycles. The van der Waals surface area contributed by atoms with E-state index in [0.29, 0.717) is 11.6 Å². The van der Waals surface area contributed by atoms with Crippen molar-refractivity contribution >= 4 is 11.4 Å². The number of nitrogens with zero attached hydrogens (tertiary/aromatic N) is 2. The molecule has 0 N–H and O–H groups in total. The van der Waals surface area contributed by atoms with Gasteiger partial charge in [0, 0.05) is 23.8 Å². The minimum Gasteiger partial charge on any atom is -0.488 e. The van der Waals surface area contributed by atoms with Crippen LogP contribution in [0.1, 0.15) is 16.7 Å². The third-order valence-electron chi connectivity index (χ3n) is 3.48. The van der Waals surface area contributed by atoms with Crippen molar-refractivity contribution in [2.75, 3.05) is 0 Å². The molecule has 132 valence electrons. The molecule has 0 spiro atoms. The highest BCUT2D eigenvalue weighted by molar-refractivity contribution is 5.47. The fraction of sp³-hybridized carbons (Fsp3) is 0.200. The summed E-state index contributed by atoms with van der Waals surface area (Å²) in [5, 5.41) is 21.5. The first-order valence-corrected chi connectivity index (χ1v) is 6.82. The zero-order valence-corrected chi connectivity index (χ0v) is 12.7. The number of rotatable bonds is 5. The van der Waals surface area contributed by atoms with E-state index in [-0.39, 0.29) is 17.9 Å². The molecule has 0 aliphatic rings. The van der Waals surface area contributed by atoms with E-state index >= 15 is 0 Å². The van der Waals surface area contributed by atoms with Crippen LogP contribution in [0.3, 0.4) is 0 Å². The minimum atomic E-state index is -4.85. The lowest BCUT2D eigenvalue weighted by Crippen LogP contribution is -2.10. The highest BCUT2D eigenvalue weighted by atomic mass is 19.4. The van der Waals surface area contributed by atoms with Crippen LogP contribution in [0.25, 0.3) is 0 Å². The number of ether oxygens (including phenoxy) is 1. The predicted molar refractivity (Wildman–Crippen MR) is 80.3 cm³/mol. The molecule has 0 amide bonds. The Labute approximate surface area is 138 Å². The van der Waals surface area contributed by atoms with E-state index in [1.54, 1.807) is 0 Å². The summed E-state index contributed by atoms with van der Waals surface area (Å²) in [5.74, 6) is -0.594. The zero-order chi connectivity index (χ0) is 18.8. The van der Waals surface area contributed by atoms with E-state index < -0.39 is 33.0 Å². The number of hydrogen-bond donors (Lipinski definition) is 0. The molecule has 0 aliphatic heterocycles. The average molecular weight is 356 g/mol. The molecule has 0 bridgehead atoms. The van der Waals surface area contributed by atoms with Crippen molar-refractivity contribution < 1.29 is 27.8 Å². The molecule has 0 fully saturated rings. The van der Waals surface area contributed by atoms with Gasteiger partial charge in [0.1, 0.15) is 17.9 Å². The van der Waals surface area contributed by atoms with Crippen LogP contribution in [0.4, 0.5) is 24.5 Å². The summed E-state index contributed by atoms with van der Waals surface area (Å²) in [5.41, 5.74) is -1.58. The molecule has 0 saturated heterocycles. The Balaban J connectivity index is 2.34. The van der Waals surface area contributed by atoms with Crippen LogP contribution in [0, 0.1) is 27.2 Å². The number of alkyl halides is 3. The maximum absolute atomic E-state index is 13.1. The molecule has 2 rings (SSSR count). The summed E-state index contributed by atoms with van der Waals surface area (Å²) >= 11 is 0. The second kappa shape index (κ2) is 6.75. The average Bonchev–Trinajstić information content (AvgIpc) is 2.52. The maximum Gasteiger partial charge on any atom is 0.420 e. The number of hydrogen-bond acceptors (Lipinski definition) is 5. The molecule has 25 heavy (non-hydrogen) atoms. The molecular weight excluding hydrogens is 345 g/mol. The van der Waals surface area contributed by atoms with Gasteiger partial charge in [-0.1, -0.05) is 12.1 Å². The third-order valence-corrected chi connectivity index (χ3v) is 3.48. The first-order chi connectivity index (χ1) is 11.6. The molecule has 0 atom stereocenters. The lowest BCUT2D eigenvalue weighted by molar-refractivity contribution is -0.385. The lowest BCUT2D eigenvalue weighted by Gasteiger charge is -2.14. The van der Waals surface area contributed by atoms with Crippen molar-refractivity contribution in [3.8, 4) is 5.75 Å². The van der Waals surface area contributed by atoms with Gasteiger partial charge in [-0.2, -0.15) is 13.2 Å². The normalized spacial score (nSPS) is 11.2. The highest BCUT2D eigenvalue weighted by Gasteiger charge is 2.36. The standard InChI is InChI=1S/C15H11F3N2O5/c1-9-10(3-2-4-13(9)20(23)24)8-25-14-6-5-11(19(21)22)7-12(14)15(16,17)18/h2-7H,8H2,1H3. The van der Waals surface area contributed by atoms with Gasteiger partial charge in [-0.15, -0.1) is 0 Å². The van der Waals surface area contributed by atoms with Gasteiger partial charge >= 0.3 is 6.18 Å². The molecular formula is C15H11F3N2O5. The van der Waals surface area contributed by atoms with Crippen LogP contribution in [0.2, 0.25) is 0 Å². The van der Waals surface area contributed by atoms with Crippen LogP contribution in [-0.4, -0.2) is 9.85 Å². The number of nitro benzene ring substituents is 2. The maximum atomic E-state index is 13.1. The van der Waals surface area contributed by atoms with Gasteiger partial charge in [-0.3, -0.25) is 20.2 Å². The Morgan fingerprint density at radius 3 is 2.32 bits per heavy atom. The summed E-state index contributed by atoms with van der Waals surface area (Å²) in [6.07, 6.45) is -4.85. The highest BCUT2D eigenvalue weighted by Crippen LogP contribution is 2.38. The van der Waals surface area contributed by atoms with Crippen molar-refractivity contribution in [1.82, 2.24) is 0 Å². The van der Waals surface area contributed by atoms with Gasteiger partial charge in [0.15, 0.2) is 0 Å². The van der Waals surface area contributed by atoms with Gasteiger partial charge in [-0.05, 0) is 18.6 Å². The van der Waals surface area contributed by atoms with E-state index in [4.69, 9.17) is 4.74 Å². The van der Waals surface area contributed by atoms with Gasteiger partial charge in [-0.25, -0.2) is 0 Å². The first kappa shape index (κ1) is 18.2. The van der Waals surface area contributed by atoms with Gasteiger partial charge in [0.25, 0.3) is 11.4 Å². The lowest BCUT2D eigenvalue weighted by atomic mass is 10.1. The summed E-state index contributed by atoms with van der Waals surface area (Å²) in [4.78, 5) is 20.0. The third kappa shape index (κ3) is 4.03. The van der Waals surface area contributed by atoms with Crippen LogP contribution in [0.5, 0.6) is 5.75 Å². The SMILES string of the molecule is Cc1c(COc2ccc([N+](=O)[O-])cc2C(F)(F)F)cccc1[N+](=O)[O-]. The summed E-state index contributed by atoms with van der Waals surface area (Å²) in [7, 11) is 0. The minimum absolute atomic E-state index is 0.180. The van der Waals surface area contributed by atoms with Gasteiger partial charge in [0.05, 0.1) is 9.85 Å². The van der Waals surface area contributed by atoms with E-state index in [0.717, 1.165) is 12.1 Å². The molecule has 0 aliphatic carbocycles. The van der Waals surface area contributed by atoms with Crippen LogP contribution < -0.4 is 4.74 Å². The quantitative estimate of drug-likeness (QED) is 0.584. The zero-order valence-electron chi connectivity index (χ0n) is 12.7. The number of nitro groups is 2. The van der Waals surface area contributed by atoms with Crippen molar-refractivity contribution in [3.63, 3.8) is 0 Å². The van der Waals surface area contributed by atoms with Crippen molar-refractivity contribution in [2.45, 2.75) is 19.7 Å². The molecule has 0 unspecified atom stereocenters. The fourth-order valence-corrected chi connectivity index (χ4v) is 2.16. The summed E-state index contributed by atoms with van der Waals surface area (Å²) < 4.78 is 44.4. The number of benzene rings is 2. The van der Waals surface area contributed by atoms with Crippen molar-refractivity contribution in [2.24, 2.45) is 0 Å². The largest absolute Gasteiger partial charge is 0.488 e. The summed E-state index contributed by atoms with van der Waals surface area (Å²) in [6.45, 7) is 1.10. The van der Waals surface area contributed by atoms with Crippen molar-refractivity contribution in [1.29, 1.82) is 0 Å². The molecule has 0 saturated carbocycles. The Kier molecular flexibility index (Phi) is 4.91. The smallest absolute Gasteiger partial charge is 0.420 e. The second-order valence-corrected chi connectivity index (χ2v) is 5.04. The number of halogens is 3. The molecule has 7 nitrogen and oxygen atoms in total. The van der Waals surface area contributed by atoms with Crippen LogP contribution in [0.15, 0.2) is 36.4 Å². The Morgan fingerprint density at radius 1 is 1.08 bits per heavy atom. The van der Waals surface area contributed by atoms with E-state index in [9.17, 15) is 33.4 Å². The monoisotopic (exact) mass is 356 g/mol.